The lowest BCUT2D eigenvalue weighted by Crippen LogP contribution is -2.41. The van der Waals surface area contributed by atoms with Gasteiger partial charge in [-0.05, 0) is 37.0 Å². The summed E-state index contributed by atoms with van der Waals surface area (Å²) in [6.07, 6.45) is 1.46. The Morgan fingerprint density at radius 3 is 2.61 bits per heavy atom. The molecule has 0 aliphatic carbocycles. The minimum Gasteiger partial charge on any atom is -0.495 e. The molecule has 1 aliphatic heterocycles. The zero-order chi connectivity index (χ0) is 17.0. The molecule has 0 saturated carbocycles. The molecule has 1 aliphatic rings. The topological polar surface area (TPSA) is 75.7 Å². The zero-order valence-electron chi connectivity index (χ0n) is 13.2. The first kappa shape index (κ1) is 18.2. The number of carbonyl (C=O) groups is 1. The fourth-order valence-electron chi connectivity index (χ4n) is 2.63. The molecule has 0 spiro atoms. The Morgan fingerprint density at radius 2 is 2.04 bits per heavy atom. The van der Waals surface area contributed by atoms with Gasteiger partial charge < -0.3 is 10.1 Å². The Morgan fingerprint density at radius 1 is 1.39 bits per heavy atom. The molecule has 6 nitrogen and oxygen atoms in total. The van der Waals surface area contributed by atoms with Crippen LogP contribution in [0, 0.1) is 5.92 Å². The van der Waals surface area contributed by atoms with E-state index < -0.39 is 10.0 Å². The normalized spacial score (nSPS) is 17.0. The second-order valence-corrected chi connectivity index (χ2v) is 8.40. The third kappa shape index (κ3) is 4.45. The van der Waals surface area contributed by atoms with Crippen molar-refractivity contribution in [3.05, 3.63) is 22.7 Å². The molecule has 128 valence electrons. The average Bonchev–Trinajstić information content (AvgIpc) is 2.53. The minimum atomic E-state index is -3.59. The second kappa shape index (κ2) is 7.63. The molecule has 1 aromatic rings. The maximum absolute atomic E-state index is 12.8. The van der Waals surface area contributed by atoms with Gasteiger partial charge in [0.05, 0.1) is 7.11 Å². The number of amides is 1. The van der Waals surface area contributed by atoms with E-state index in [2.05, 4.69) is 21.2 Å². The van der Waals surface area contributed by atoms with Gasteiger partial charge in [-0.25, -0.2) is 8.42 Å². The predicted octanol–water partition coefficient (Wildman–Crippen LogP) is 1.99. The highest BCUT2D eigenvalue weighted by molar-refractivity contribution is 9.10. The number of nitrogens with one attached hydrogen (secondary N) is 1. The molecule has 1 aromatic carbocycles. The molecule has 0 bridgehead atoms. The molecule has 1 fully saturated rings. The molecule has 0 atom stereocenters. The molecule has 23 heavy (non-hydrogen) atoms. The standard InChI is InChI=1S/C15H21BrN2O4S/c1-11(19)17-10-12-5-7-18(8-6-12)23(20,21)15-9-13(16)3-4-14(15)22-2/h3-4,9,12H,5-8,10H2,1-2H3,(H,17,19). The van der Waals surface area contributed by atoms with Crippen LogP contribution < -0.4 is 10.1 Å². The van der Waals surface area contributed by atoms with Crippen LogP contribution >= 0.6 is 15.9 Å². The van der Waals surface area contributed by atoms with E-state index in [0.717, 1.165) is 12.8 Å². The van der Waals surface area contributed by atoms with Crippen molar-refractivity contribution in [2.45, 2.75) is 24.7 Å². The maximum atomic E-state index is 12.8. The van der Waals surface area contributed by atoms with Crippen molar-refractivity contribution in [1.82, 2.24) is 9.62 Å². The predicted molar refractivity (Wildman–Crippen MR) is 90.9 cm³/mol. The van der Waals surface area contributed by atoms with Crippen LogP contribution in [0.3, 0.4) is 0 Å². The van der Waals surface area contributed by atoms with Crippen molar-refractivity contribution in [2.24, 2.45) is 5.92 Å². The Kier molecular flexibility index (Phi) is 6.05. The number of benzene rings is 1. The first-order valence-corrected chi connectivity index (χ1v) is 9.66. The van der Waals surface area contributed by atoms with Crippen LogP contribution in [-0.4, -0.2) is 45.4 Å². The van der Waals surface area contributed by atoms with Gasteiger partial charge in [0.25, 0.3) is 0 Å². The van der Waals surface area contributed by atoms with Gasteiger partial charge in [0.1, 0.15) is 10.6 Å². The molecule has 0 unspecified atom stereocenters. The highest BCUT2D eigenvalue weighted by Gasteiger charge is 2.31. The largest absolute Gasteiger partial charge is 0.495 e. The first-order valence-electron chi connectivity index (χ1n) is 7.42. The summed E-state index contributed by atoms with van der Waals surface area (Å²) in [5.74, 6) is 0.599. The van der Waals surface area contributed by atoms with Gasteiger partial charge in [-0.15, -0.1) is 0 Å². The van der Waals surface area contributed by atoms with Crippen molar-refractivity contribution < 1.29 is 17.9 Å². The number of ether oxygens (including phenoxy) is 1. The molecule has 8 heteroatoms. The third-order valence-corrected chi connectivity index (χ3v) is 6.37. The molecule has 2 rings (SSSR count). The number of carbonyl (C=O) groups excluding carboxylic acids is 1. The molecule has 1 N–H and O–H groups in total. The number of sulfonamides is 1. The fraction of sp³-hybridized carbons (Fsp3) is 0.533. The summed E-state index contributed by atoms with van der Waals surface area (Å²) in [6.45, 7) is 2.98. The van der Waals surface area contributed by atoms with Gasteiger partial charge >= 0.3 is 0 Å². The van der Waals surface area contributed by atoms with Crippen LogP contribution in [0.1, 0.15) is 19.8 Å². The molecular formula is C15H21BrN2O4S. The van der Waals surface area contributed by atoms with Crippen LogP contribution in [0.2, 0.25) is 0 Å². The number of hydrogen-bond donors (Lipinski definition) is 1. The van der Waals surface area contributed by atoms with Gasteiger partial charge in [0.15, 0.2) is 0 Å². The lowest BCUT2D eigenvalue weighted by atomic mass is 9.98. The summed E-state index contributed by atoms with van der Waals surface area (Å²) in [7, 11) is -2.13. The van der Waals surface area contributed by atoms with Crippen LogP contribution in [0.15, 0.2) is 27.6 Å². The monoisotopic (exact) mass is 404 g/mol. The zero-order valence-corrected chi connectivity index (χ0v) is 15.6. The lowest BCUT2D eigenvalue weighted by molar-refractivity contribution is -0.119. The number of hydrogen-bond acceptors (Lipinski definition) is 4. The van der Waals surface area contributed by atoms with Crippen LogP contribution in [0.5, 0.6) is 5.75 Å². The Labute approximate surface area is 145 Å². The summed E-state index contributed by atoms with van der Waals surface area (Å²) in [5.41, 5.74) is 0. The molecule has 0 radical (unpaired) electrons. The number of rotatable bonds is 5. The molecule has 1 heterocycles. The van der Waals surface area contributed by atoms with E-state index in [1.54, 1.807) is 18.2 Å². The van der Waals surface area contributed by atoms with E-state index in [1.807, 2.05) is 0 Å². The quantitative estimate of drug-likeness (QED) is 0.813. The first-order chi connectivity index (χ1) is 10.8. The molecular weight excluding hydrogens is 384 g/mol. The van der Waals surface area contributed by atoms with Crippen LogP contribution in [0.25, 0.3) is 0 Å². The summed E-state index contributed by atoms with van der Waals surface area (Å²) in [4.78, 5) is 11.1. The van der Waals surface area contributed by atoms with Crippen molar-refractivity contribution >= 4 is 31.9 Å². The van der Waals surface area contributed by atoms with Crippen molar-refractivity contribution in [1.29, 1.82) is 0 Å². The highest BCUT2D eigenvalue weighted by atomic mass is 79.9. The highest BCUT2D eigenvalue weighted by Crippen LogP contribution is 2.31. The van der Waals surface area contributed by atoms with Gasteiger partial charge in [-0.1, -0.05) is 15.9 Å². The van der Waals surface area contributed by atoms with E-state index in [-0.39, 0.29) is 10.8 Å². The second-order valence-electron chi connectivity index (χ2n) is 5.58. The van der Waals surface area contributed by atoms with Gasteiger partial charge in [0.2, 0.25) is 15.9 Å². The Balaban J connectivity index is 2.10. The maximum Gasteiger partial charge on any atom is 0.246 e. The van der Waals surface area contributed by atoms with E-state index in [1.165, 1.54) is 18.3 Å². The smallest absolute Gasteiger partial charge is 0.246 e. The van der Waals surface area contributed by atoms with Gasteiger partial charge in [-0.3, -0.25) is 4.79 Å². The van der Waals surface area contributed by atoms with E-state index in [9.17, 15) is 13.2 Å². The Bertz CT molecular complexity index is 670. The van der Waals surface area contributed by atoms with Crippen molar-refractivity contribution in [2.75, 3.05) is 26.7 Å². The number of nitrogens with zero attached hydrogens (tertiary/aromatic N) is 1. The summed E-state index contributed by atoms with van der Waals surface area (Å²) in [5, 5.41) is 2.79. The summed E-state index contributed by atoms with van der Waals surface area (Å²) >= 11 is 3.31. The van der Waals surface area contributed by atoms with Gasteiger partial charge in [-0.2, -0.15) is 4.31 Å². The molecule has 0 aromatic heterocycles. The van der Waals surface area contributed by atoms with Crippen LogP contribution in [-0.2, 0) is 14.8 Å². The Hall–Kier alpha value is -1.12. The minimum absolute atomic E-state index is 0.0566. The van der Waals surface area contributed by atoms with E-state index >= 15 is 0 Å². The summed E-state index contributed by atoms with van der Waals surface area (Å²) in [6, 6.07) is 4.95. The van der Waals surface area contributed by atoms with E-state index in [4.69, 9.17) is 4.74 Å². The van der Waals surface area contributed by atoms with Crippen LogP contribution in [0.4, 0.5) is 0 Å². The number of halogens is 1. The molecule has 1 amide bonds. The third-order valence-electron chi connectivity index (χ3n) is 3.96. The van der Waals surface area contributed by atoms with Crippen molar-refractivity contribution in [3.63, 3.8) is 0 Å². The SMILES string of the molecule is COc1ccc(Br)cc1S(=O)(=O)N1CCC(CNC(C)=O)CC1. The van der Waals surface area contributed by atoms with E-state index in [0.29, 0.717) is 35.8 Å². The fourth-order valence-corrected chi connectivity index (χ4v) is 4.80. The number of piperidine rings is 1. The summed E-state index contributed by atoms with van der Waals surface area (Å²) < 4.78 is 33.1. The van der Waals surface area contributed by atoms with Gasteiger partial charge in [0, 0.05) is 31.0 Å². The lowest BCUT2D eigenvalue weighted by Gasteiger charge is -2.31. The molecule has 1 saturated heterocycles. The number of methoxy groups -OCH3 is 1. The average molecular weight is 405 g/mol. The van der Waals surface area contributed by atoms with Crippen molar-refractivity contribution in [3.8, 4) is 5.75 Å².